The molecule has 1 amide bonds. The molecule has 1 aromatic carbocycles. The van der Waals surface area contributed by atoms with Crippen LogP contribution >= 0.6 is 0 Å². The van der Waals surface area contributed by atoms with E-state index in [1.54, 1.807) is 6.92 Å². The van der Waals surface area contributed by atoms with Crippen LogP contribution in [0.4, 0.5) is 0 Å². The van der Waals surface area contributed by atoms with E-state index < -0.39 is 5.97 Å². The van der Waals surface area contributed by atoms with Gasteiger partial charge in [-0.15, -0.1) is 0 Å². The summed E-state index contributed by atoms with van der Waals surface area (Å²) < 4.78 is 6.86. The van der Waals surface area contributed by atoms with Crippen LogP contribution < -0.4 is 0 Å². The average molecular weight is 380 g/mol. The van der Waals surface area contributed by atoms with E-state index in [-0.39, 0.29) is 11.9 Å². The fraction of sp³-hybridized carbons (Fsp3) is 0.381. The first-order valence-corrected chi connectivity index (χ1v) is 9.56. The predicted molar refractivity (Wildman–Crippen MR) is 106 cm³/mol. The molecule has 1 saturated heterocycles. The number of nitrogens with one attached hydrogen (secondary N) is 1. The first-order chi connectivity index (χ1) is 13.5. The van der Waals surface area contributed by atoms with Gasteiger partial charge in [0, 0.05) is 30.4 Å². The molecule has 0 bridgehead atoms. The van der Waals surface area contributed by atoms with E-state index in [9.17, 15) is 9.59 Å². The van der Waals surface area contributed by atoms with Crippen LogP contribution in [0.25, 0.3) is 10.9 Å². The molecular formula is C21H24N4O3. The van der Waals surface area contributed by atoms with Crippen LogP contribution in [0.15, 0.2) is 30.5 Å². The number of hydrogen-bond donors (Lipinski definition) is 1. The van der Waals surface area contributed by atoms with Crippen molar-refractivity contribution in [1.82, 2.24) is 19.7 Å². The fourth-order valence-electron chi connectivity index (χ4n) is 3.99. The van der Waals surface area contributed by atoms with E-state index in [4.69, 9.17) is 4.74 Å². The van der Waals surface area contributed by atoms with Crippen LogP contribution in [0.5, 0.6) is 0 Å². The number of likely N-dealkylation sites (tertiary alicyclic amines) is 1. The number of carbonyl (C=O) groups excluding carboxylic acids is 2. The van der Waals surface area contributed by atoms with Gasteiger partial charge in [-0.25, -0.2) is 4.79 Å². The Balaban J connectivity index is 1.56. The molecule has 7 nitrogen and oxygen atoms in total. The summed E-state index contributed by atoms with van der Waals surface area (Å²) in [4.78, 5) is 30.2. The molecule has 28 heavy (non-hydrogen) atoms. The maximum atomic E-state index is 13.1. The van der Waals surface area contributed by atoms with Crippen molar-refractivity contribution < 1.29 is 14.3 Å². The molecule has 1 unspecified atom stereocenters. The highest BCUT2D eigenvalue weighted by molar-refractivity contribution is 6.00. The molecule has 146 valence electrons. The summed E-state index contributed by atoms with van der Waals surface area (Å²) in [6.07, 6.45) is 3.52. The Hall–Kier alpha value is -3.09. The van der Waals surface area contributed by atoms with Gasteiger partial charge in [0.05, 0.1) is 24.2 Å². The van der Waals surface area contributed by atoms with Crippen LogP contribution in [0.1, 0.15) is 51.5 Å². The summed E-state index contributed by atoms with van der Waals surface area (Å²) >= 11 is 0. The van der Waals surface area contributed by atoms with Crippen molar-refractivity contribution in [2.45, 2.75) is 32.7 Å². The van der Waals surface area contributed by atoms with Gasteiger partial charge < -0.3 is 14.6 Å². The molecule has 0 spiro atoms. The first-order valence-electron chi connectivity index (χ1n) is 9.56. The molecule has 1 aliphatic rings. The Morgan fingerprint density at radius 3 is 2.82 bits per heavy atom. The smallest absolute Gasteiger partial charge is 0.339 e. The number of esters is 1. The summed E-state index contributed by atoms with van der Waals surface area (Å²) in [5, 5.41) is 5.75. The minimum absolute atomic E-state index is 0.0819. The molecule has 0 saturated carbocycles. The van der Waals surface area contributed by atoms with Gasteiger partial charge in [0.2, 0.25) is 0 Å². The number of hydrogen-bond acceptors (Lipinski definition) is 4. The lowest BCUT2D eigenvalue weighted by Crippen LogP contribution is -2.30. The first kappa shape index (κ1) is 18.3. The number of amides is 1. The molecule has 2 aromatic heterocycles. The summed E-state index contributed by atoms with van der Waals surface area (Å²) in [6.45, 7) is 5.00. The number of carbonyl (C=O) groups is 2. The van der Waals surface area contributed by atoms with Crippen molar-refractivity contribution in [3.05, 3.63) is 53.0 Å². The molecule has 3 aromatic rings. The minimum Gasteiger partial charge on any atom is -0.465 e. The van der Waals surface area contributed by atoms with Gasteiger partial charge in [-0.2, -0.15) is 5.10 Å². The van der Waals surface area contributed by atoms with Crippen LogP contribution in [-0.2, 0) is 11.2 Å². The Labute approximate surface area is 163 Å². The van der Waals surface area contributed by atoms with Crippen molar-refractivity contribution in [2.75, 3.05) is 20.2 Å². The zero-order chi connectivity index (χ0) is 19.8. The third-order valence-electron chi connectivity index (χ3n) is 5.54. The molecule has 0 radical (unpaired) electrons. The van der Waals surface area contributed by atoms with Crippen molar-refractivity contribution in [3.8, 4) is 0 Å². The highest BCUT2D eigenvalue weighted by Gasteiger charge is 2.32. The molecule has 0 aliphatic carbocycles. The zero-order valence-electron chi connectivity index (χ0n) is 16.4. The number of benzene rings is 1. The van der Waals surface area contributed by atoms with E-state index >= 15 is 0 Å². The molecule has 1 fully saturated rings. The molecule has 1 N–H and O–H groups in total. The molecule has 1 aliphatic heterocycles. The minimum atomic E-state index is -0.410. The van der Waals surface area contributed by atoms with Crippen molar-refractivity contribution in [3.63, 3.8) is 0 Å². The maximum absolute atomic E-state index is 13.1. The van der Waals surface area contributed by atoms with E-state index in [0.717, 1.165) is 23.0 Å². The van der Waals surface area contributed by atoms with Gasteiger partial charge in [-0.3, -0.25) is 9.48 Å². The van der Waals surface area contributed by atoms with Crippen LogP contribution in [0.3, 0.4) is 0 Å². The number of aromatic nitrogens is 3. The molecule has 7 heteroatoms. The number of aryl methyl sites for hydroxylation is 1. The van der Waals surface area contributed by atoms with Crippen molar-refractivity contribution in [2.24, 2.45) is 0 Å². The third-order valence-corrected chi connectivity index (χ3v) is 5.54. The number of nitrogens with zero attached hydrogens (tertiary/aromatic N) is 3. The number of aromatic amines is 1. The average Bonchev–Trinajstić information content (AvgIpc) is 3.42. The summed E-state index contributed by atoms with van der Waals surface area (Å²) in [7, 11) is 1.36. The van der Waals surface area contributed by atoms with Gasteiger partial charge in [-0.1, -0.05) is 25.1 Å². The van der Waals surface area contributed by atoms with Crippen molar-refractivity contribution >= 4 is 22.8 Å². The van der Waals surface area contributed by atoms with Crippen molar-refractivity contribution in [1.29, 1.82) is 0 Å². The maximum Gasteiger partial charge on any atom is 0.339 e. The van der Waals surface area contributed by atoms with Crippen LogP contribution in [0.2, 0.25) is 0 Å². The molecule has 3 heterocycles. The topological polar surface area (TPSA) is 80.2 Å². The number of methoxy groups -OCH3 is 1. The van der Waals surface area contributed by atoms with Gasteiger partial charge in [0.25, 0.3) is 5.91 Å². The Kier molecular flexibility index (Phi) is 4.66. The quantitative estimate of drug-likeness (QED) is 0.705. The highest BCUT2D eigenvalue weighted by atomic mass is 16.5. The van der Waals surface area contributed by atoms with E-state index in [2.05, 4.69) is 10.1 Å². The highest BCUT2D eigenvalue weighted by Crippen LogP contribution is 2.27. The van der Waals surface area contributed by atoms with Crippen LogP contribution in [-0.4, -0.2) is 51.7 Å². The largest absolute Gasteiger partial charge is 0.465 e. The number of ether oxygens (including phenoxy) is 1. The lowest BCUT2D eigenvalue weighted by atomic mass is 10.1. The summed E-state index contributed by atoms with van der Waals surface area (Å²) in [5.74, 6) is -0.492. The number of H-pyrrole nitrogens is 1. The van der Waals surface area contributed by atoms with Gasteiger partial charge in [0.15, 0.2) is 0 Å². The molecular weight excluding hydrogens is 356 g/mol. The van der Waals surface area contributed by atoms with E-state index in [1.165, 1.54) is 7.11 Å². The third kappa shape index (κ3) is 2.96. The predicted octanol–water partition coefficient (Wildman–Crippen LogP) is 3.11. The summed E-state index contributed by atoms with van der Waals surface area (Å²) in [6, 6.07) is 8.16. The zero-order valence-corrected chi connectivity index (χ0v) is 16.4. The second-order valence-corrected chi connectivity index (χ2v) is 7.19. The van der Waals surface area contributed by atoms with Gasteiger partial charge in [-0.05, 0) is 31.4 Å². The normalized spacial score (nSPS) is 16.7. The molecule has 4 rings (SSSR count). The summed E-state index contributed by atoms with van der Waals surface area (Å²) in [5.41, 5.74) is 3.30. The van der Waals surface area contributed by atoms with Gasteiger partial charge in [0.1, 0.15) is 5.69 Å². The standard InChI is InChI=1S/C21H24N4O3/c1-4-16-18(21(27)28-3)13(2)19(22-16)20(26)24-10-9-15(12-24)25-11-14-7-5-6-8-17(14)23-25/h5-8,11,15,22H,4,9-10,12H2,1-3H3. The second kappa shape index (κ2) is 7.14. The molecule has 1 atom stereocenters. The SMILES string of the molecule is CCc1[nH]c(C(=O)N2CCC(n3cc4ccccc4n3)C2)c(C)c1C(=O)OC. The second-order valence-electron chi connectivity index (χ2n) is 7.19. The lowest BCUT2D eigenvalue weighted by molar-refractivity contribution is 0.0599. The Bertz CT molecular complexity index is 1020. The number of rotatable bonds is 4. The van der Waals surface area contributed by atoms with Gasteiger partial charge >= 0.3 is 5.97 Å². The number of fused-ring (bicyclic) bond motifs is 1. The Morgan fingerprint density at radius 1 is 1.32 bits per heavy atom. The van der Waals surface area contributed by atoms with Crippen LogP contribution in [0, 0.1) is 6.92 Å². The fourth-order valence-corrected chi connectivity index (χ4v) is 3.99. The lowest BCUT2D eigenvalue weighted by Gasteiger charge is -2.16. The monoisotopic (exact) mass is 380 g/mol. The van der Waals surface area contributed by atoms with E-state index in [0.29, 0.717) is 36.3 Å². The van der Waals surface area contributed by atoms with E-state index in [1.807, 2.05) is 47.0 Å². The Morgan fingerprint density at radius 2 is 2.11 bits per heavy atom.